The Hall–Kier alpha value is -2.91. The number of alkyl halides is 3. The molecule has 3 rings (SSSR count). The van der Waals surface area contributed by atoms with Crippen molar-refractivity contribution in [1.29, 1.82) is 0 Å². The van der Waals surface area contributed by atoms with E-state index in [-0.39, 0.29) is 31.0 Å². The summed E-state index contributed by atoms with van der Waals surface area (Å²) in [4.78, 5) is 26.8. The average Bonchev–Trinajstić information content (AvgIpc) is 3.01. The standard InChI is InChI=1S/C24H21F3N2O2S2/c1-16(14-17-8-3-2-4-9-17)15-20-22(31)29(23(32)33-20)13-7-12-21(30)28-19-11-6-5-10-18(19)24(25,26)27/h2-6,8-11,14-15H,7,12-13H2,1H3,(H,28,30)/b16-14+,20-15+. The number of rotatable bonds is 7. The smallest absolute Gasteiger partial charge is 0.326 e. The van der Waals surface area contributed by atoms with Gasteiger partial charge in [-0.3, -0.25) is 14.5 Å². The van der Waals surface area contributed by atoms with E-state index in [1.165, 1.54) is 34.9 Å². The molecule has 1 N–H and O–H groups in total. The van der Waals surface area contributed by atoms with E-state index in [9.17, 15) is 22.8 Å². The number of amides is 2. The van der Waals surface area contributed by atoms with Gasteiger partial charge in [-0.2, -0.15) is 13.2 Å². The van der Waals surface area contributed by atoms with Gasteiger partial charge in [0.25, 0.3) is 5.91 Å². The number of nitrogens with zero attached hydrogens (tertiary/aromatic N) is 1. The van der Waals surface area contributed by atoms with Crippen molar-refractivity contribution >= 4 is 51.9 Å². The number of nitrogens with one attached hydrogen (secondary N) is 1. The highest BCUT2D eigenvalue weighted by molar-refractivity contribution is 8.26. The largest absolute Gasteiger partial charge is 0.418 e. The fraction of sp³-hybridized carbons (Fsp3) is 0.208. The van der Waals surface area contributed by atoms with Crippen LogP contribution in [-0.2, 0) is 15.8 Å². The van der Waals surface area contributed by atoms with Gasteiger partial charge in [0.15, 0.2) is 0 Å². The van der Waals surface area contributed by atoms with Crippen LogP contribution in [0.5, 0.6) is 0 Å². The van der Waals surface area contributed by atoms with Gasteiger partial charge in [0.1, 0.15) is 4.32 Å². The molecule has 172 valence electrons. The Labute approximate surface area is 199 Å². The monoisotopic (exact) mass is 490 g/mol. The number of benzene rings is 2. The van der Waals surface area contributed by atoms with Crippen LogP contribution in [0.4, 0.5) is 18.9 Å². The lowest BCUT2D eigenvalue weighted by molar-refractivity contribution is -0.137. The normalized spacial score (nSPS) is 15.9. The minimum absolute atomic E-state index is 0.0464. The number of halogens is 3. The maximum atomic E-state index is 13.1. The lowest BCUT2D eigenvalue weighted by atomic mass is 10.1. The zero-order valence-electron chi connectivity index (χ0n) is 17.7. The quantitative estimate of drug-likeness (QED) is 0.367. The van der Waals surface area contributed by atoms with Gasteiger partial charge in [-0.1, -0.05) is 72.5 Å². The summed E-state index contributed by atoms with van der Waals surface area (Å²) in [5.74, 6) is -0.803. The Morgan fingerprint density at radius 2 is 1.79 bits per heavy atom. The molecule has 1 saturated heterocycles. The zero-order valence-corrected chi connectivity index (χ0v) is 19.3. The van der Waals surface area contributed by atoms with Gasteiger partial charge >= 0.3 is 6.18 Å². The highest BCUT2D eigenvalue weighted by atomic mass is 32.2. The van der Waals surface area contributed by atoms with E-state index in [1.54, 1.807) is 6.08 Å². The fourth-order valence-corrected chi connectivity index (χ4v) is 4.56. The van der Waals surface area contributed by atoms with E-state index in [0.717, 1.165) is 17.2 Å². The molecule has 0 radical (unpaired) electrons. The lowest BCUT2D eigenvalue weighted by Gasteiger charge is -2.15. The maximum Gasteiger partial charge on any atom is 0.418 e. The first-order valence-electron chi connectivity index (χ1n) is 10.1. The van der Waals surface area contributed by atoms with Gasteiger partial charge in [0, 0.05) is 13.0 Å². The summed E-state index contributed by atoms with van der Waals surface area (Å²) in [6.45, 7) is 2.10. The molecule has 0 bridgehead atoms. The van der Waals surface area contributed by atoms with E-state index < -0.39 is 17.6 Å². The molecule has 9 heteroatoms. The van der Waals surface area contributed by atoms with E-state index in [1.807, 2.05) is 43.3 Å². The summed E-state index contributed by atoms with van der Waals surface area (Å²) < 4.78 is 39.6. The Bertz CT molecular complexity index is 1110. The number of hydrogen-bond donors (Lipinski definition) is 1. The van der Waals surface area contributed by atoms with Crippen LogP contribution < -0.4 is 5.32 Å². The van der Waals surface area contributed by atoms with Gasteiger partial charge in [0.05, 0.1) is 16.2 Å². The molecule has 2 aromatic rings. The SMILES string of the molecule is CC(=C\c1ccccc1)/C=C1/SC(=S)N(CCCC(=O)Nc2ccccc2C(F)(F)F)C1=O. The van der Waals surface area contributed by atoms with E-state index >= 15 is 0 Å². The van der Waals surface area contributed by atoms with Crippen LogP contribution in [0.2, 0.25) is 0 Å². The van der Waals surface area contributed by atoms with E-state index in [4.69, 9.17) is 12.2 Å². The van der Waals surface area contributed by atoms with Crippen LogP contribution in [0.3, 0.4) is 0 Å². The summed E-state index contributed by atoms with van der Waals surface area (Å²) in [6.07, 6.45) is -0.623. The summed E-state index contributed by atoms with van der Waals surface area (Å²) >= 11 is 6.49. The van der Waals surface area contributed by atoms with Crippen molar-refractivity contribution < 1.29 is 22.8 Å². The summed E-state index contributed by atoms with van der Waals surface area (Å²) in [5.41, 5.74) is 0.716. The molecule has 4 nitrogen and oxygen atoms in total. The maximum absolute atomic E-state index is 13.1. The second kappa shape index (κ2) is 10.8. The first-order chi connectivity index (χ1) is 15.6. The zero-order chi connectivity index (χ0) is 24.0. The molecule has 1 heterocycles. The molecule has 0 unspecified atom stereocenters. The van der Waals surface area contributed by atoms with Crippen molar-refractivity contribution in [2.75, 3.05) is 11.9 Å². The third-order valence-electron chi connectivity index (χ3n) is 4.72. The van der Waals surface area contributed by atoms with Gasteiger partial charge in [-0.15, -0.1) is 0 Å². The second-order valence-electron chi connectivity index (χ2n) is 7.33. The fourth-order valence-electron chi connectivity index (χ4n) is 3.20. The molecule has 1 aliphatic rings. The Kier molecular flexibility index (Phi) is 8.10. The van der Waals surface area contributed by atoms with Gasteiger partial charge < -0.3 is 5.32 Å². The Morgan fingerprint density at radius 3 is 2.48 bits per heavy atom. The third-order valence-corrected chi connectivity index (χ3v) is 6.10. The predicted molar refractivity (Wildman–Crippen MR) is 129 cm³/mol. The van der Waals surface area contributed by atoms with Crippen molar-refractivity contribution in [2.45, 2.75) is 25.9 Å². The van der Waals surface area contributed by atoms with Crippen molar-refractivity contribution in [3.05, 3.63) is 82.3 Å². The summed E-state index contributed by atoms with van der Waals surface area (Å²) in [7, 11) is 0. The molecule has 0 aromatic heterocycles. The number of thiocarbonyl (C=S) groups is 1. The molecule has 2 aromatic carbocycles. The molecule has 1 fully saturated rings. The van der Waals surface area contributed by atoms with Gasteiger partial charge in [0.2, 0.25) is 5.91 Å². The third kappa shape index (κ3) is 6.79. The molecular formula is C24H21F3N2O2S2. The molecule has 0 spiro atoms. The topological polar surface area (TPSA) is 49.4 Å². The summed E-state index contributed by atoms with van der Waals surface area (Å²) in [6, 6.07) is 14.5. The minimum atomic E-state index is -4.56. The van der Waals surface area contributed by atoms with Crippen molar-refractivity contribution in [3.8, 4) is 0 Å². The summed E-state index contributed by atoms with van der Waals surface area (Å²) in [5, 5.41) is 2.30. The van der Waals surface area contributed by atoms with Crippen molar-refractivity contribution in [3.63, 3.8) is 0 Å². The lowest BCUT2D eigenvalue weighted by Crippen LogP contribution is -2.29. The molecule has 0 atom stereocenters. The number of carbonyl (C=O) groups is 2. The van der Waals surface area contributed by atoms with Crippen molar-refractivity contribution in [2.24, 2.45) is 0 Å². The van der Waals surface area contributed by atoms with Crippen LogP contribution >= 0.6 is 24.0 Å². The highest BCUT2D eigenvalue weighted by Crippen LogP contribution is 2.35. The number of anilines is 1. The van der Waals surface area contributed by atoms with Crippen LogP contribution in [0.15, 0.2) is 71.2 Å². The first-order valence-corrected chi connectivity index (χ1v) is 11.3. The molecular weight excluding hydrogens is 469 g/mol. The predicted octanol–water partition coefficient (Wildman–Crippen LogP) is 6.27. The Morgan fingerprint density at radius 1 is 1.12 bits per heavy atom. The first kappa shape index (κ1) is 24.7. The molecule has 33 heavy (non-hydrogen) atoms. The highest BCUT2D eigenvalue weighted by Gasteiger charge is 2.34. The van der Waals surface area contributed by atoms with Crippen LogP contribution in [0.25, 0.3) is 6.08 Å². The van der Waals surface area contributed by atoms with Gasteiger partial charge in [-0.25, -0.2) is 0 Å². The van der Waals surface area contributed by atoms with Crippen LogP contribution in [0, 0.1) is 0 Å². The second-order valence-corrected chi connectivity index (χ2v) is 9.00. The van der Waals surface area contributed by atoms with Gasteiger partial charge in [-0.05, 0) is 42.7 Å². The Balaban J connectivity index is 1.56. The molecule has 2 amide bonds. The minimum Gasteiger partial charge on any atom is -0.326 e. The molecule has 0 saturated carbocycles. The number of allylic oxidation sites excluding steroid dienone is 2. The number of hydrogen-bond acceptors (Lipinski definition) is 4. The van der Waals surface area contributed by atoms with E-state index in [2.05, 4.69) is 5.32 Å². The van der Waals surface area contributed by atoms with Crippen LogP contribution in [-0.4, -0.2) is 27.6 Å². The number of para-hydroxylation sites is 1. The average molecular weight is 491 g/mol. The molecule has 0 aliphatic carbocycles. The van der Waals surface area contributed by atoms with Crippen LogP contribution in [0.1, 0.15) is 30.9 Å². The van der Waals surface area contributed by atoms with Crippen molar-refractivity contribution in [1.82, 2.24) is 4.90 Å². The number of carbonyl (C=O) groups excluding carboxylic acids is 2. The van der Waals surface area contributed by atoms with E-state index in [0.29, 0.717) is 9.23 Å². The number of thioether (sulfide) groups is 1. The molecule has 1 aliphatic heterocycles.